The number of ether oxygens (including phenoxy) is 1. The molecule has 0 amide bonds. The van der Waals surface area contributed by atoms with Gasteiger partial charge in [0, 0.05) is 37.3 Å². The SMILES string of the molecule is CC(C)COc1ncncc1C(C(O)O)N1CC[C@@H](C(F)(F)CCCCc2ccc3c(n2)NCCC3)C1. The molecule has 1 saturated heterocycles. The molecule has 1 fully saturated rings. The third-order valence-electron chi connectivity index (χ3n) is 7.21. The Kier molecular flexibility index (Phi) is 9.26. The van der Waals surface area contributed by atoms with Crippen molar-refractivity contribution in [2.45, 2.75) is 77.0 Å². The molecule has 204 valence electrons. The maximum absolute atomic E-state index is 15.2. The number of rotatable bonds is 12. The van der Waals surface area contributed by atoms with Crippen LogP contribution in [0.5, 0.6) is 5.88 Å². The number of nitrogens with one attached hydrogen (secondary N) is 1. The van der Waals surface area contributed by atoms with Crippen molar-refractivity contribution in [3.8, 4) is 5.88 Å². The zero-order chi connectivity index (χ0) is 26.4. The Bertz CT molecular complexity index is 1020. The number of aliphatic hydroxyl groups is 2. The Morgan fingerprint density at radius 2 is 2.08 bits per heavy atom. The van der Waals surface area contributed by atoms with Gasteiger partial charge in [0.25, 0.3) is 5.92 Å². The van der Waals surface area contributed by atoms with Crippen molar-refractivity contribution in [2.75, 3.05) is 31.6 Å². The Labute approximate surface area is 217 Å². The molecule has 8 nitrogen and oxygen atoms in total. The predicted molar refractivity (Wildman–Crippen MR) is 137 cm³/mol. The molecule has 2 atom stereocenters. The van der Waals surface area contributed by atoms with E-state index in [1.807, 2.05) is 19.9 Å². The lowest BCUT2D eigenvalue weighted by Gasteiger charge is -2.31. The molecule has 0 saturated carbocycles. The normalized spacial score (nSPS) is 19.2. The molecule has 0 aromatic carbocycles. The molecule has 0 spiro atoms. The standard InChI is InChI=1S/C27H39F2N5O3/c1-18(2)16-37-25-22(14-30-17-32-25)23(26(35)36)34-13-10-20(15-34)27(28,29)11-4-3-7-21-9-8-19-6-5-12-31-24(19)33-21/h8-9,14,17-18,20,23,26,35-36H,3-7,10-13,15-16H2,1-2H3,(H,31,33)/t20-,23?/m1/s1. The first kappa shape index (κ1) is 27.6. The molecule has 2 aliphatic rings. The second-order valence-electron chi connectivity index (χ2n) is 10.6. The van der Waals surface area contributed by atoms with Gasteiger partial charge >= 0.3 is 0 Å². The summed E-state index contributed by atoms with van der Waals surface area (Å²) >= 11 is 0. The molecule has 4 heterocycles. The first-order valence-electron chi connectivity index (χ1n) is 13.4. The fraction of sp³-hybridized carbons (Fsp3) is 0.667. The minimum Gasteiger partial charge on any atom is -0.477 e. The second kappa shape index (κ2) is 12.4. The zero-order valence-electron chi connectivity index (χ0n) is 21.7. The first-order chi connectivity index (χ1) is 17.7. The number of nitrogens with zero attached hydrogens (tertiary/aromatic N) is 4. The molecular formula is C27H39F2N5O3. The van der Waals surface area contributed by atoms with Crippen LogP contribution < -0.4 is 10.1 Å². The van der Waals surface area contributed by atoms with Crippen molar-refractivity contribution in [1.82, 2.24) is 19.9 Å². The Hall–Kier alpha value is -2.43. The van der Waals surface area contributed by atoms with E-state index in [2.05, 4.69) is 26.3 Å². The number of hydrogen-bond donors (Lipinski definition) is 3. The van der Waals surface area contributed by atoms with E-state index < -0.39 is 24.2 Å². The van der Waals surface area contributed by atoms with Crippen LogP contribution in [0.15, 0.2) is 24.7 Å². The summed E-state index contributed by atoms with van der Waals surface area (Å²) in [7, 11) is 0. The van der Waals surface area contributed by atoms with E-state index in [-0.39, 0.29) is 31.2 Å². The summed E-state index contributed by atoms with van der Waals surface area (Å²) in [6, 6.07) is 3.16. The molecule has 37 heavy (non-hydrogen) atoms. The van der Waals surface area contributed by atoms with Crippen LogP contribution in [0, 0.1) is 11.8 Å². The fourth-order valence-corrected chi connectivity index (χ4v) is 5.21. The molecule has 2 aromatic rings. The van der Waals surface area contributed by atoms with Crippen LogP contribution in [0.4, 0.5) is 14.6 Å². The average Bonchev–Trinajstić information content (AvgIpc) is 3.36. The second-order valence-corrected chi connectivity index (χ2v) is 10.6. The van der Waals surface area contributed by atoms with Crippen LogP contribution >= 0.6 is 0 Å². The number of likely N-dealkylation sites (tertiary alicyclic amines) is 1. The van der Waals surface area contributed by atoms with Crippen LogP contribution in [-0.2, 0) is 12.8 Å². The highest BCUT2D eigenvalue weighted by molar-refractivity contribution is 5.47. The third-order valence-corrected chi connectivity index (χ3v) is 7.21. The molecule has 1 unspecified atom stereocenters. The quantitative estimate of drug-likeness (QED) is 0.286. The molecule has 0 aliphatic carbocycles. The molecule has 4 rings (SSSR count). The van der Waals surface area contributed by atoms with Crippen molar-refractivity contribution in [3.05, 3.63) is 41.5 Å². The molecule has 3 N–H and O–H groups in total. The summed E-state index contributed by atoms with van der Waals surface area (Å²) in [5.74, 6) is -2.26. The van der Waals surface area contributed by atoms with Crippen LogP contribution in [0.25, 0.3) is 0 Å². The van der Waals surface area contributed by atoms with E-state index in [1.165, 1.54) is 18.1 Å². The van der Waals surface area contributed by atoms with Gasteiger partial charge in [0.05, 0.1) is 18.2 Å². The minimum atomic E-state index is -2.84. The molecule has 0 bridgehead atoms. The maximum Gasteiger partial charge on any atom is 0.252 e. The Balaban J connectivity index is 1.32. The van der Waals surface area contributed by atoms with Crippen molar-refractivity contribution in [3.63, 3.8) is 0 Å². The van der Waals surface area contributed by atoms with Gasteiger partial charge in [0.15, 0.2) is 6.29 Å². The molecular weight excluding hydrogens is 480 g/mol. The van der Waals surface area contributed by atoms with E-state index >= 15 is 8.78 Å². The fourth-order valence-electron chi connectivity index (χ4n) is 5.21. The molecule has 0 radical (unpaired) electrons. The van der Waals surface area contributed by atoms with Crippen molar-refractivity contribution in [2.24, 2.45) is 11.8 Å². The van der Waals surface area contributed by atoms with E-state index in [4.69, 9.17) is 4.74 Å². The van der Waals surface area contributed by atoms with Gasteiger partial charge in [0.2, 0.25) is 5.88 Å². The van der Waals surface area contributed by atoms with E-state index in [0.717, 1.165) is 30.9 Å². The number of aryl methyl sites for hydroxylation is 2. The Morgan fingerprint density at radius 3 is 2.86 bits per heavy atom. The zero-order valence-corrected chi connectivity index (χ0v) is 21.7. The highest BCUT2D eigenvalue weighted by Crippen LogP contribution is 2.41. The molecule has 2 aromatic heterocycles. The summed E-state index contributed by atoms with van der Waals surface area (Å²) in [6.45, 7) is 5.70. The van der Waals surface area contributed by atoms with Gasteiger partial charge in [-0.15, -0.1) is 0 Å². The summed E-state index contributed by atoms with van der Waals surface area (Å²) in [6.07, 6.45) is 4.97. The third kappa shape index (κ3) is 7.12. The van der Waals surface area contributed by atoms with Gasteiger partial charge in [-0.1, -0.05) is 19.9 Å². The van der Waals surface area contributed by atoms with Crippen molar-refractivity contribution in [1.29, 1.82) is 0 Å². The van der Waals surface area contributed by atoms with Gasteiger partial charge in [0.1, 0.15) is 12.1 Å². The van der Waals surface area contributed by atoms with Gasteiger partial charge in [-0.2, -0.15) is 0 Å². The van der Waals surface area contributed by atoms with Gasteiger partial charge < -0.3 is 20.3 Å². The number of aromatic nitrogens is 3. The van der Waals surface area contributed by atoms with Gasteiger partial charge in [-0.25, -0.2) is 23.7 Å². The first-order valence-corrected chi connectivity index (χ1v) is 13.4. The number of aliphatic hydroxyl groups excluding tert-OH is 1. The smallest absolute Gasteiger partial charge is 0.252 e. The number of hydrogen-bond acceptors (Lipinski definition) is 8. The topological polar surface area (TPSA) is 104 Å². The lowest BCUT2D eigenvalue weighted by Crippen LogP contribution is -2.38. The maximum atomic E-state index is 15.2. The largest absolute Gasteiger partial charge is 0.477 e. The van der Waals surface area contributed by atoms with E-state index in [9.17, 15) is 10.2 Å². The number of unbranched alkanes of at least 4 members (excludes halogenated alkanes) is 1. The summed E-state index contributed by atoms with van der Waals surface area (Å²) in [5.41, 5.74) is 2.55. The van der Waals surface area contributed by atoms with Crippen molar-refractivity contribution < 1.29 is 23.7 Å². The minimum absolute atomic E-state index is 0.0614. The van der Waals surface area contributed by atoms with E-state index in [1.54, 1.807) is 4.90 Å². The summed E-state index contributed by atoms with van der Waals surface area (Å²) < 4.78 is 36.1. The van der Waals surface area contributed by atoms with Gasteiger partial charge in [-0.05, 0) is 62.6 Å². The monoisotopic (exact) mass is 519 g/mol. The highest BCUT2D eigenvalue weighted by Gasteiger charge is 2.45. The van der Waals surface area contributed by atoms with Crippen LogP contribution in [-0.4, -0.2) is 68.5 Å². The molecule has 2 aliphatic heterocycles. The predicted octanol–water partition coefficient (Wildman–Crippen LogP) is 3.99. The number of alkyl halides is 2. The number of pyridine rings is 1. The van der Waals surface area contributed by atoms with Gasteiger partial charge in [-0.3, -0.25) is 4.90 Å². The number of fused-ring (bicyclic) bond motifs is 1. The summed E-state index contributed by atoms with van der Waals surface area (Å²) in [4.78, 5) is 14.5. The van der Waals surface area contributed by atoms with Crippen molar-refractivity contribution >= 4 is 5.82 Å². The molecule has 10 heteroatoms. The average molecular weight is 520 g/mol. The number of anilines is 1. The van der Waals surface area contributed by atoms with Crippen LogP contribution in [0.2, 0.25) is 0 Å². The summed E-state index contributed by atoms with van der Waals surface area (Å²) in [5, 5.41) is 23.7. The Morgan fingerprint density at radius 1 is 1.24 bits per heavy atom. The highest BCUT2D eigenvalue weighted by atomic mass is 19.3. The van der Waals surface area contributed by atoms with Crippen LogP contribution in [0.1, 0.15) is 68.8 Å². The van der Waals surface area contributed by atoms with Crippen LogP contribution in [0.3, 0.4) is 0 Å². The van der Waals surface area contributed by atoms with E-state index in [0.29, 0.717) is 38.0 Å². The lowest BCUT2D eigenvalue weighted by atomic mass is 9.95. The lowest BCUT2D eigenvalue weighted by molar-refractivity contribution is -0.106. The number of halogens is 2.